The second-order valence-corrected chi connectivity index (χ2v) is 11.7. The van der Waals surface area contributed by atoms with Gasteiger partial charge in [-0.25, -0.2) is 9.78 Å². The Morgan fingerprint density at radius 1 is 0.870 bits per heavy atom. The first kappa shape index (κ1) is 35.7. The van der Waals surface area contributed by atoms with E-state index in [1.807, 2.05) is 74.5 Å². The maximum Gasteiger partial charge on any atom is 0.408 e. The highest BCUT2D eigenvalue weighted by molar-refractivity contribution is 5.92. The number of nitrogens with zero attached hydrogens (tertiary/aromatic N) is 1. The lowest BCUT2D eigenvalue weighted by molar-refractivity contribution is -0.131. The van der Waals surface area contributed by atoms with Gasteiger partial charge in [0.1, 0.15) is 30.8 Å². The topological polar surface area (TPSA) is 159 Å². The van der Waals surface area contributed by atoms with Crippen LogP contribution < -0.4 is 16.0 Å². The lowest BCUT2D eigenvalue weighted by Crippen LogP contribution is -2.57. The molecule has 246 valence electrons. The summed E-state index contributed by atoms with van der Waals surface area (Å²) in [7, 11) is 0. The van der Waals surface area contributed by atoms with Gasteiger partial charge in [0.2, 0.25) is 11.8 Å². The van der Waals surface area contributed by atoms with Crippen molar-refractivity contribution in [2.45, 2.75) is 84.0 Å². The van der Waals surface area contributed by atoms with Crippen LogP contribution in [0.15, 0.2) is 73.2 Å². The molecule has 3 amide bonds. The standard InChI is InChI=1S/C35H45N5O6/c1-4-29(42)16-15-27(21-41)30(17-24(2)3)38-34(44)32(19-28-20-36-23-37-28)39-33(43)31(18-25-11-7-5-8-12-25)40-35(45)46-22-26-13-9-6-10-14-26/h5-14,20-21,23-24,27,30-32H,4,15-19,22H2,1-3H3,(H,36,37)(H,38,44)(H,39,43)(H,40,45)/t27-,30+,31+,32-/m1/s1. The number of ketones is 1. The van der Waals surface area contributed by atoms with Crippen LogP contribution in [0.3, 0.4) is 0 Å². The number of aromatic nitrogens is 2. The highest BCUT2D eigenvalue weighted by Gasteiger charge is 2.31. The number of imidazole rings is 1. The number of aldehydes is 1. The molecule has 4 atom stereocenters. The normalized spacial score (nSPS) is 13.6. The van der Waals surface area contributed by atoms with Gasteiger partial charge in [-0.15, -0.1) is 0 Å². The molecule has 46 heavy (non-hydrogen) atoms. The smallest absolute Gasteiger partial charge is 0.408 e. The van der Waals surface area contributed by atoms with Crippen LogP contribution in [0.1, 0.15) is 63.3 Å². The van der Waals surface area contributed by atoms with Crippen molar-refractivity contribution >= 4 is 30.0 Å². The summed E-state index contributed by atoms with van der Waals surface area (Å²) in [4.78, 5) is 71.6. The van der Waals surface area contributed by atoms with Gasteiger partial charge in [-0.05, 0) is 29.9 Å². The number of hydrogen-bond acceptors (Lipinski definition) is 7. The SMILES string of the molecule is CCC(=O)CC[C@H](C=O)[C@H](CC(C)C)NC(=O)[C@@H](Cc1c[nH]cn1)NC(=O)[C@H](Cc1ccccc1)NC(=O)OCc1ccccc1. The Labute approximate surface area is 270 Å². The fourth-order valence-electron chi connectivity index (χ4n) is 5.06. The zero-order valence-corrected chi connectivity index (χ0v) is 26.7. The molecule has 4 N–H and O–H groups in total. The van der Waals surface area contributed by atoms with E-state index in [2.05, 4.69) is 25.9 Å². The largest absolute Gasteiger partial charge is 0.445 e. The van der Waals surface area contributed by atoms with Crippen LogP contribution in [-0.4, -0.2) is 58.1 Å². The first-order valence-corrected chi connectivity index (χ1v) is 15.7. The van der Waals surface area contributed by atoms with E-state index in [1.165, 1.54) is 6.33 Å². The Hall–Kier alpha value is -4.80. The predicted octanol–water partition coefficient (Wildman–Crippen LogP) is 4.08. The van der Waals surface area contributed by atoms with E-state index in [1.54, 1.807) is 13.1 Å². The van der Waals surface area contributed by atoms with Crippen molar-refractivity contribution < 1.29 is 28.7 Å². The molecule has 0 bridgehead atoms. The van der Waals surface area contributed by atoms with Crippen molar-refractivity contribution in [1.82, 2.24) is 25.9 Å². The van der Waals surface area contributed by atoms with Crippen LogP contribution in [0.25, 0.3) is 0 Å². The van der Waals surface area contributed by atoms with Gasteiger partial charge >= 0.3 is 6.09 Å². The summed E-state index contributed by atoms with van der Waals surface area (Å²) in [5.74, 6) is -1.46. The van der Waals surface area contributed by atoms with E-state index in [0.717, 1.165) is 17.4 Å². The number of aromatic amines is 1. The van der Waals surface area contributed by atoms with Gasteiger partial charge in [0.05, 0.1) is 12.0 Å². The monoisotopic (exact) mass is 631 g/mol. The molecular formula is C35H45N5O6. The molecule has 11 heteroatoms. The van der Waals surface area contributed by atoms with Crippen molar-refractivity contribution in [3.63, 3.8) is 0 Å². The molecule has 0 fully saturated rings. The number of nitrogens with one attached hydrogen (secondary N) is 4. The minimum absolute atomic E-state index is 0.0233. The van der Waals surface area contributed by atoms with Gasteiger partial charge in [-0.2, -0.15) is 0 Å². The van der Waals surface area contributed by atoms with E-state index < -0.39 is 42.0 Å². The Morgan fingerprint density at radius 3 is 2.09 bits per heavy atom. The Morgan fingerprint density at radius 2 is 1.50 bits per heavy atom. The summed E-state index contributed by atoms with van der Waals surface area (Å²) in [5, 5.41) is 8.45. The zero-order chi connectivity index (χ0) is 33.3. The molecule has 11 nitrogen and oxygen atoms in total. The van der Waals surface area contributed by atoms with Crippen LogP contribution in [0.4, 0.5) is 4.79 Å². The summed E-state index contributed by atoms with van der Waals surface area (Å²) in [6.07, 6.45) is 4.77. The van der Waals surface area contributed by atoms with Crippen molar-refractivity contribution in [3.05, 3.63) is 90.0 Å². The van der Waals surface area contributed by atoms with Gasteiger partial charge in [-0.3, -0.25) is 14.4 Å². The van der Waals surface area contributed by atoms with Crippen molar-refractivity contribution in [2.75, 3.05) is 0 Å². The quantitative estimate of drug-likeness (QED) is 0.145. The minimum Gasteiger partial charge on any atom is -0.445 e. The summed E-state index contributed by atoms with van der Waals surface area (Å²) in [5.41, 5.74) is 2.13. The Kier molecular flexibility index (Phi) is 14.6. The number of carbonyl (C=O) groups is 5. The van der Waals surface area contributed by atoms with Gasteiger partial charge in [0, 0.05) is 43.8 Å². The molecule has 0 aliphatic heterocycles. The van der Waals surface area contributed by atoms with Crippen LogP contribution in [0, 0.1) is 11.8 Å². The second kappa shape index (κ2) is 18.9. The number of amides is 3. The molecule has 1 aromatic heterocycles. The van der Waals surface area contributed by atoms with Crippen LogP contribution in [0.2, 0.25) is 0 Å². The Bertz CT molecular complexity index is 1380. The van der Waals surface area contributed by atoms with Crippen molar-refractivity contribution in [3.8, 4) is 0 Å². The average molecular weight is 632 g/mol. The highest BCUT2D eigenvalue weighted by Crippen LogP contribution is 2.18. The molecule has 2 aromatic carbocycles. The van der Waals surface area contributed by atoms with Crippen LogP contribution in [0.5, 0.6) is 0 Å². The summed E-state index contributed by atoms with van der Waals surface area (Å²) < 4.78 is 5.38. The van der Waals surface area contributed by atoms with E-state index in [0.29, 0.717) is 25.0 Å². The maximum absolute atomic E-state index is 13.8. The van der Waals surface area contributed by atoms with Crippen molar-refractivity contribution in [2.24, 2.45) is 11.8 Å². The first-order chi connectivity index (χ1) is 22.2. The van der Waals surface area contributed by atoms with Crippen molar-refractivity contribution in [1.29, 1.82) is 0 Å². The minimum atomic E-state index is -1.07. The van der Waals surface area contributed by atoms with E-state index in [-0.39, 0.29) is 37.6 Å². The Balaban J connectivity index is 1.80. The summed E-state index contributed by atoms with van der Waals surface area (Å²) >= 11 is 0. The molecule has 0 aliphatic carbocycles. The molecule has 0 unspecified atom stereocenters. The zero-order valence-electron chi connectivity index (χ0n) is 26.7. The predicted molar refractivity (Wildman–Crippen MR) is 173 cm³/mol. The van der Waals surface area contributed by atoms with E-state index in [9.17, 15) is 24.0 Å². The van der Waals surface area contributed by atoms with E-state index in [4.69, 9.17) is 4.74 Å². The molecule has 1 heterocycles. The molecule has 0 spiro atoms. The summed E-state index contributed by atoms with van der Waals surface area (Å²) in [6.45, 7) is 5.77. The highest BCUT2D eigenvalue weighted by atomic mass is 16.5. The van der Waals surface area contributed by atoms with Gasteiger partial charge in [-0.1, -0.05) is 81.4 Å². The average Bonchev–Trinajstić information content (AvgIpc) is 3.57. The number of ether oxygens (including phenoxy) is 1. The lowest BCUT2D eigenvalue weighted by Gasteiger charge is -2.29. The first-order valence-electron chi connectivity index (χ1n) is 15.7. The fraction of sp³-hybridized carbons (Fsp3) is 0.429. The molecule has 3 aromatic rings. The van der Waals surface area contributed by atoms with Gasteiger partial charge in [0.15, 0.2) is 0 Å². The number of Topliss-reactive ketones (excluding diaryl/α,β-unsaturated/α-hetero) is 1. The molecule has 0 aliphatic rings. The van der Waals surface area contributed by atoms with Crippen LogP contribution >= 0.6 is 0 Å². The molecule has 0 saturated carbocycles. The molecule has 0 saturated heterocycles. The number of rotatable bonds is 19. The summed E-state index contributed by atoms with van der Waals surface area (Å²) in [6, 6.07) is 15.7. The molecule has 3 rings (SSSR count). The van der Waals surface area contributed by atoms with E-state index >= 15 is 0 Å². The number of H-pyrrole nitrogens is 1. The molecule has 0 radical (unpaired) electrons. The third-order valence-corrected chi connectivity index (χ3v) is 7.60. The maximum atomic E-state index is 13.8. The number of alkyl carbamates (subject to hydrolysis) is 1. The third kappa shape index (κ3) is 12.3. The fourth-order valence-corrected chi connectivity index (χ4v) is 5.06. The van der Waals surface area contributed by atoms with Gasteiger partial charge < -0.3 is 30.5 Å². The lowest BCUT2D eigenvalue weighted by atomic mass is 9.88. The second-order valence-electron chi connectivity index (χ2n) is 11.7. The van der Waals surface area contributed by atoms with Crippen LogP contribution in [-0.2, 0) is 43.4 Å². The number of carbonyl (C=O) groups excluding carboxylic acids is 5. The number of hydrogen-bond donors (Lipinski definition) is 4. The van der Waals surface area contributed by atoms with Gasteiger partial charge in [0.25, 0.3) is 0 Å². The third-order valence-electron chi connectivity index (χ3n) is 7.60. The number of benzene rings is 2. The molecular weight excluding hydrogens is 586 g/mol.